The first-order valence-corrected chi connectivity index (χ1v) is 10.9. The van der Waals surface area contributed by atoms with Crippen molar-refractivity contribution in [3.63, 3.8) is 0 Å². The Kier molecular flexibility index (Phi) is 18.1. The molecule has 0 atom stereocenters. The summed E-state index contributed by atoms with van der Waals surface area (Å²) >= 11 is 0. The summed E-state index contributed by atoms with van der Waals surface area (Å²) in [6.07, 6.45) is 11.6. The second-order valence-corrected chi connectivity index (χ2v) is 7.19. The molecule has 1 heteroatoms. The quantitative estimate of drug-likeness (QED) is 0.221. The van der Waals surface area contributed by atoms with Gasteiger partial charge in [-0.05, 0) is 0 Å². The van der Waals surface area contributed by atoms with E-state index in [2.05, 4.69) is 93.6 Å². The molecule has 3 aromatic rings. The molecular formula is C27H39Ru. The maximum absolute atomic E-state index is 2.23. The fraction of sp³-hybridized carbons (Fsp3) is 0.444. The van der Waals surface area contributed by atoms with Gasteiger partial charge in [0.1, 0.15) is 0 Å². The normalized spacial score (nSPS) is 9.54. The molecule has 0 saturated carbocycles. The van der Waals surface area contributed by atoms with Crippen molar-refractivity contribution in [2.45, 2.75) is 78.6 Å². The first-order valence-electron chi connectivity index (χ1n) is 10.9. The van der Waals surface area contributed by atoms with E-state index in [9.17, 15) is 0 Å². The molecule has 0 fully saturated rings. The molecule has 0 bridgehead atoms. The summed E-state index contributed by atoms with van der Waals surface area (Å²) in [5.41, 5.74) is 4.45. The number of hydrogen-bond donors (Lipinski definition) is 0. The number of rotatable bonds is 9. The van der Waals surface area contributed by atoms with Crippen molar-refractivity contribution in [2.24, 2.45) is 0 Å². The van der Waals surface area contributed by atoms with Gasteiger partial charge in [0.05, 0.1) is 0 Å². The van der Waals surface area contributed by atoms with Gasteiger partial charge in [-0.2, -0.15) is 53.1 Å². The Labute approximate surface area is 187 Å². The van der Waals surface area contributed by atoms with Crippen molar-refractivity contribution < 1.29 is 19.5 Å². The van der Waals surface area contributed by atoms with Crippen LogP contribution in [0.15, 0.2) is 72.8 Å². The van der Waals surface area contributed by atoms with Crippen LogP contribution in [0, 0.1) is 0 Å². The molecule has 1 radical (unpaired) electrons. The maximum Gasteiger partial charge on any atom is 3.00 e. The number of hydrogen-bond acceptors (Lipinski definition) is 0. The first kappa shape index (κ1) is 26.7. The Bertz CT molecular complexity index is 508. The summed E-state index contributed by atoms with van der Waals surface area (Å²) < 4.78 is 0. The minimum atomic E-state index is 0. The van der Waals surface area contributed by atoms with Crippen molar-refractivity contribution in [3.05, 3.63) is 89.5 Å². The van der Waals surface area contributed by atoms with E-state index in [4.69, 9.17) is 0 Å². The van der Waals surface area contributed by atoms with Gasteiger partial charge in [0.15, 0.2) is 0 Å². The van der Waals surface area contributed by atoms with E-state index in [-0.39, 0.29) is 19.5 Å². The predicted octanol–water partition coefficient (Wildman–Crippen LogP) is 8.24. The molecule has 0 aliphatic carbocycles. The SMILES string of the molecule is CCCC[c-]1cccc1.CCCC[c-]1cccc1.CCCC[c-]1cccc1.[Ru+3]. The molecule has 0 aromatic heterocycles. The van der Waals surface area contributed by atoms with Crippen LogP contribution in [0.1, 0.15) is 76.0 Å². The van der Waals surface area contributed by atoms with Gasteiger partial charge in [0, 0.05) is 0 Å². The molecule has 28 heavy (non-hydrogen) atoms. The van der Waals surface area contributed by atoms with E-state index in [1.165, 1.54) is 74.5 Å². The topological polar surface area (TPSA) is 0 Å². The second kappa shape index (κ2) is 19.0. The third-order valence-electron chi connectivity index (χ3n) is 4.65. The van der Waals surface area contributed by atoms with Gasteiger partial charge in [-0.25, -0.2) is 36.4 Å². The van der Waals surface area contributed by atoms with Crippen LogP contribution in [0.5, 0.6) is 0 Å². The van der Waals surface area contributed by atoms with E-state index in [1.807, 2.05) is 0 Å². The summed E-state index contributed by atoms with van der Waals surface area (Å²) in [5.74, 6) is 0. The first-order chi connectivity index (χ1) is 13.3. The summed E-state index contributed by atoms with van der Waals surface area (Å²) in [7, 11) is 0. The fourth-order valence-corrected chi connectivity index (χ4v) is 2.88. The van der Waals surface area contributed by atoms with Crippen LogP contribution in [-0.2, 0) is 38.7 Å². The molecule has 0 saturated heterocycles. The van der Waals surface area contributed by atoms with Crippen molar-refractivity contribution in [2.75, 3.05) is 0 Å². The average molecular weight is 465 g/mol. The van der Waals surface area contributed by atoms with Gasteiger partial charge in [-0.1, -0.05) is 78.6 Å². The van der Waals surface area contributed by atoms with Crippen molar-refractivity contribution >= 4 is 0 Å². The molecule has 0 aliphatic rings. The van der Waals surface area contributed by atoms with Crippen LogP contribution in [-0.4, -0.2) is 0 Å². The zero-order chi connectivity index (χ0) is 19.6. The Hall–Kier alpha value is -1.33. The molecule has 3 aromatic carbocycles. The van der Waals surface area contributed by atoms with E-state index in [0.717, 1.165) is 0 Å². The Balaban J connectivity index is 0.000000384. The van der Waals surface area contributed by atoms with Gasteiger partial charge < -0.3 is 0 Å². The van der Waals surface area contributed by atoms with Crippen molar-refractivity contribution in [1.29, 1.82) is 0 Å². The third-order valence-corrected chi connectivity index (χ3v) is 4.65. The summed E-state index contributed by atoms with van der Waals surface area (Å²) in [6, 6.07) is 25.8. The molecule has 155 valence electrons. The molecule has 0 amide bonds. The van der Waals surface area contributed by atoms with E-state index in [1.54, 1.807) is 0 Å². The van der Waals surface area contributed by atoms with Gasteiger partial charge in [0.2, 0.25) is 0 Å². The molecule has 0 heterocycles. The predicted molar refractivity (Wildman–Crippen MR) is 122 cm³/mol. The van der Waals surface area contributed by atoms with E-state index >= 15 is 0 Å². The molecule has 3 rings (SSSR count). The number of unbranched alkanes of at least 4 members (excludes halogenated alkanes) is 3. The van der Waals surface area contributed by atoms with Crippen LogP contribution >= 0.6 is 0 Å². The van der Waals surface area contributed by atoms with Crippen molar-refractivity contribution in [3.8, 4) is 0 Å². The van der Waals surface area contributed by atoms with E-state index < -0.39 is 0 Å². The second-order valence-electron chi connectivity index (χ2n) is 7.19. The number of aryl methyl sites for hydroxylation is 3. The largest absolute Gasteiger partial charge is 3.00 e. The van der Waals surface area contributed by atoms with Gasteiger partial charge in [0.25, 0.3) is 0 Å². The van der Waals surface area contributed by atoms with Crippen LogP contribution in [0.4, 0.5) is 0 Å². The molecule has 0 nitrogen and oxygen atoms in total. The van der Waals surface area contributed by atoms with E-state index in [0.29, 0.717) is 0 Å². The average Bonchev–Trinajstić information content (AvgIpc) is 3.47. The molecule has 0 spiro atoms. The van der Waals surface area contributed by atoms with Crippen LogP contribution < -0.4 is 0 Å². The van der Waals surface area contributed by atoms with Crippen LogP contribution in [0.25, 0.3) is 0 Å². The zero-order valence-electron chi connectivity index (χ0n) is 18.1. The summed E-state index contributed by atoms with van der Waals surface area (Å²) in [6.45, 7) is 6.68. The Morgan fingerprint density at radius 2 is 0.643 bits per heavy atom. The smallest absolute Gasteiger partial charge is 0.213 e. The zero-order valence-corrected chi connectivity index (χ0v) is 19.9. The monoisotopic (exact) mass is 465 g/mol. The van der Waals surface area contributed by atoms with Crippen LogP contribution in [0.3, 0.4) is 0 Å². The summed E-state index contributed by atoms with van der Waals surface area (Å²) in [4.78, 5) is 0. The molecule has 0 N–H and O–H groups in total. The maximum atomic E-state index is 2.23. The van der Waals surface area contributed by atoms with Gasteiger partial charge >= 0.3 is 19.5 Å². The molecule has 0 aliphatic heterocycles. The minimum Gasteiger partial charge on any atom is -0.213 e. The van der Waals surface area contributed by atoms with Gasteiger partial charge in [-0.3, -0.25) is 0 Å². The fourth-order valence-electron chi connectivity index (χ4n) is 2.88. The molecular weight excluding hydrogens is 425 g/mol. The van der Waals surface area contributed by atoms with Crippen LogP contribution in [0.2, 0.25) is 0 Å². The molecule has 0 unspecified atom stereocenters. The van der Waals surface area contributed by atoms with Crippen molar-refractivity contribution in [1.82, 2.24) is 0 Å². The third kappa shape index (κ3) is 13.8. The summed E-state index contributed by atoms with van der Waals surface area (Å²) in [5, 5.41) is 0. The Morgan fingerprint density at radius 3 is 0.821 bits per heavy atom. The van der Waals surface area contributed by atoms with Gasteiger partial charge in [-0.15, -0.1) is 0 Å². The Morgan fingerprint density at radius 1 is 0.429 bits per heavy atom. The standard InChI is InChI=1S/3C9H13.Ru/c3*1-2-3-6-9-7-4-5-8-9;/h3*4-5,7-8H,2-3,6H2,1H3;/q3*-1;+3. The minimum absolute atomic E-state index is 0.